The zero-order chi connectivity index (χ0) is 12.3. The van der Waals surface area contributed by atoms with Crippen molar-refractivity contribution in [1.29, 1.82) is 5.26 Å². The molecule has 1 aliphatic heterocycles. The van der Waals surface area contributed by atoms with Crippen LogP contribution in [0.1, 0.15) is 0 Å². The van der Waals surface area contributed by atoms with Crippen molar-refractivity contribution < 1.29 is 14.3 Å². The minimum absolute atomic E-state index is 0.111. The topological polar surface area (TPSA) is 67.2 Å². The lowest BCUT2D eigenvalue weighted by atomic mass is 10.6. The molecule has 0 saturated heterocycles. The van der Waals surface area contributed by atoms with Crippen LogP contribution in [0.4, 0.5) is 0 Å². The van der Waals surface area contributed by atoms with Crippen LogP contribution < -0.4 is 0 Å². The first kappa shape index (κ1) is 15.9. The number of halogens is 2. The summed E-state index contributed by atoms with van der Waals surface area (Å²) in [5.74, 6) is -1.16. The summed E-state index contributed by atoms with van der Waals surface area (Å²) in [5.41, 5.74) is 0. The predicted molar refractivity (Wildman–Crippen MR) is 56.9 cm³/mol. The third kappa shape index (κ3) is 19.0. The smallest absolute Gasteiger partial charge is 0.338 e. The van der Waals surface area contributed by atoms with Gasteiger partial charge in [-0.2, -0.15) is 5.26 Å². The maximum Gasteiger partial charge on any atom is 0.338 e. The molecule has 0 amide bonds. The van der Waals surface area contributed by atoms with Gasteiger partial charge in [0, 0.05) is 18.2 Å². The van der Waals surface area contributed by atoms with Crippen LogP contribution in [0, 0.1) is 11.3 Å². The van der Waals surface area contributed by atoms with Gasteiger partial charge in [0.05, 0.1) is 10.6 Å². The standard InChI is InChI=1S/C4H2O3.C3H3N.C2H2Cl2/c5-3-1-2-4(6)7-3;1-2-3-4;1-2(3)4/h1-2H;2H,1H2;1H2. The second kappa shape index (κ2) is 10.5. The number of nitriles is 1. The average Bonchev–Trinajstić information content (AvgIpc) is 2.49. The molecule has 0 bridgehead atoms. The van der Waals surface area contributed by atoms with E-state index in [9.17, 15) is 9.59 Å². The SMILES string of the molecule is C=C(Cl)Cl.C=CC#N.O=C1C=CC(=O)O1. The molecule has 0 radical (unpaired) electrons. The second-order valence-electron chi connectivity index (χ2n) is 1.75. The van der Waals surface area contributed by atoms with E-state index in [1.807, 2.05) is 0 Å². The zero-order valence-corrected chi connectivity index (χ0v) is 9.09. The third-order valence-corrected chi connectivity index (χ3v) is 0.648. The van der Waals surface area contributed by atoms with Gasteiger partial charge in [-0.15, -0.1) is 0 Å². The van der Waals surface area contributed by atoms with Gasteiger partial charge in [-0.05, 0) is 0 Å². The Bertz CT molecular complexity index is 309. The molecule has 0 spiro atoms. The van der Waals surface area contributed by atoms with Crippen LogP contribution in [0.2, 0.25) is 0 Å². The third-order valence-electron chi connectivity index (χ3n) is 0.648. The highest BCUT2D eigenvalue weighted by molar-refractivity contribution is 6.55. The number of carbonyl (C=O) groups excluding carboxylic acids is 2. The van der Waals surface area contributed by atoms with Crippen LogP contribution in [0.5, 0.6) is 0 Å². The van der Waals surface area contributed by atoms with E-state index in [1.54, 1.807) is 6.07 Å². The van der Waals surface area contributed by atoms with E-state index in [0.29, 0.717) is 0 Å². The number of hydrogen-bond acceptors (Lipinski definition) is 4. The largest absolute Gasteiger partial charge is 0.387 e. The van der Waals surface area contributed by atoms with E-state index in [0.717, 1.165) is 12.2 Å². The van der Waals surface area contributed by atoms with E-state index in [1.165, 1.54) is 6.08 Å². The fraction of sp³-hybridized carbons (Fsp3) is 0. The van der Waals surface area contributed by atoms with E-state index < -0.39 is 11.9 Å². The van der Waals surface area contributed by atoms with Gasteiger partial charge in [0.1, 0.15) is 0 Å². The molecule has 0 fully saturated rings. The molecule has 0 N–H and O–H groups in total. The summed E-state index contributed by atoms with van der Waals surface area (Å²) in [4.78, 5) is 19.8. The summed E-state index contributed by atoms with van der Waals surface area (Å²) in [6.07, 6.45) is 3.35. The molecule has 0 saturated carbocycles. The first-order valence-electron chi connectivity index (χ1n) is 3.38. The lowest BCUT2D eigenvalue weighted by molar-refractivity contribution is -0.150. The van der Waals surface area contributed by atoms with E-state index in [2.05, 4.69) is 17.9 Å². The Labute approximate surface area is 97.0 Å². The lowest BCUT2D eigenvalue weighted by Gasteiger charge is -1.80. The molecular formula is C9H7Cl2NO3. The number of rotatable bonds is 0. The van der Waals surface area contributed by atoms with Gasteiger partial charge in [-0.3, -0.25) is 0 Å². The van der Waals surface area contributed by atoms with Crippen molar-refractivity contribution in [3.05, 3.63) is 35.9 Å². The summed E-state index contributed by atoms with van der Waals surface area (Å²) < 4.78 is 4.08. The quantitative estimate of drug-likeness (QED) is 0.374. The van der Waals surface area contributed by atoms with Crippen molar-refractivity contribution in [3.8, 4) is 6.07 Å². The molecule has 1 rings (SSSR count). The molecular weight excluding hydrogens is 241 g/mol. The monoisotopic (exact) mass is 247 g/mol. The summed E-state index contributed by atoms with van der Waals surface area (Å²) in [5, 5.41) is 7.51. The number of cyclic esters (lactones) is 2. The average molecular weight is 248 g/mol. The number of allylic oxidation sites excluding steroid dienone is 1. The maximum atomic E-state index is 9.92. The molecule has 4 nitrogen and oxygen atoms in total. The van der Waals surface area contributed by atoms with Gasteiger partial charge in [-0.1, -0.05) is 36.4 Å². The van der Waals surface area contributed by atoms with Gasteiger partial charge >= 0.3 is 11.9 Å². The minimum atomic E-state index is -0.579. The summed E-state index contributed by atoms with van der Waals surface area (Å²) >= 11 is 9.69. The van der Waals surface area contributed by atoms with Gasteiger partial charge < -0.3 is 4.74 Å². The molecule has 6 heteroatoms. The Kier molecular flexibility index (Phi) is 11.1. The van der Waals surface area contributed by atoms with E-state index >= 15 is 0 Å². The van der Waals surface area contributed by atoms with Crippen molar-refractivity contribution in [3.63, 3.8) is 0 Å². The Morgan fingerprint density at radius 2 is 1.67 bits per heavy atom. The molecule has 0 atom stereocenters. The summed E-state index contributed by atoms with van der Waals surface area (Å²) in [7, 11) is 0. The number of ether oxygens (including phenoxy) is 1. The molecule has 1 aliphatic rings. The zero-order valence-electron chi connectivity index (χ0n) is 7.57. The first-order chi connectivity index (χ1) is 6.93. The fourth-order valence-corrected chi connectivity index (χ4v) is 0.303. The highest BCUT2D eigenvalue weighted by Gasteiger charge is 2.10. The van der Waals surface area contributed by atoms with Gasteiger partial charge in [0.2, 0.25) is 0 Å². The van der Waals surface area contributed by atoms with Crippen molar-refractivity contribution in [2.75, 3.05) is 0 Å². The Morgan fingerprint density at radius 3 is 1.73 bits per heavy atom. The Hall–Kier alpha value is -1.57. The van der Waals surface area contributed by atoms with Crippen molar-refractivity contribution in [1.82, 2.24) is 0 Å². The predicted octanol–water partition coefficient (Wildman–Crippen LogP) is 2.26. The number of hydrogen-bond donors (Lipinski definition) is 0. The first-order valence-corrected chi connectivity index (χ1v) is 4.14. The molecule has 0 aromatic rings. The van der Waals surface area contributed by atoms with Gasteiger partial charge in [0.25, 0.3) is 0 Å². The maximum absolute atomic E-state index is 9.92. The van der Waals surface area contributed by atoms with Crippen LogP contribution >= 0.6 is 23.2 Å². The Balaban J connectivity index is 0. The lowest BCUT2D eigenvalue weighted by Crippen LogP contribution is -1.96. The molecule has 0 aromatic carbocycles. The molecule has 0 unspecified atom stereocenters. The fourth-order valence-electron chi connectivity index (χ4n) is 0.303. The van der Waals surface area contributed by atoms with Crippen LogP contribution in [0.25, 0.3) is 0 Å². The minimum Gasteiger partial charge on any atom is -0.387 e. The highest BCUT2D eigenvalue weighted by Crippen LogP contribution is 1.98. The van der Waals surface area contributed by atoms with Crippen LogP contribution in [0.15, 0.2) is 35.9 Å². The van der Waals surface area contributed by atoms with Gasteiger partial charge in [0.15, 0.2) is 0 Å². The van der Waals surface area contributed by atoms with Crippen LogP contribution in [0.3, 0.4) is 0 Å². The Morgan fingerprint density at radius 1 is 1.40 bits per heavy atom. The number of nitrogens with zero attached hydrogens (tertiary/aromatic N) is 1. The normalized spacial score (nSPS) is 11.0. The molecule has 15 heavy (non-hydrogen) atoms. The van der Waals surface area contributed by atoms with Crippen molar-refractivity contribution in [2.45, 2.75) is 0 Å². The molecule has 1 heterocycles. The number of carbonyl (C=O) groups is 2. The summed E-state index contributed by atoms with van der Waals surface area (Å²) in [6.45, 7) is 6.20. The highest BCUT2D eigenvalue weighted by atomic mass is 35.5. The molecule has 0 aliphatic carbocycles. The van der Waals surface area contributed by atoms with Crippen molar-refractivity contribution in [2.24, 2.45) is 0 Å². The van der Waals surface area contributed by atoms with E-state index in [-0.39, 0.29) is 4.49 Å². The van der Waals surface area contributed by atoms with Gasteiger partial charge in [-0.25, -0.2) is 9.59 Å². The van der Waals surface area contributed by atoms with E-state index in [4.69, 9.17) is 28.5 Å². The molecule has 0 aromatic heterocycles. The number of esters is 2. The molecule has 80 valence electrons. The van der Waals surface area contributed by atoms with Crippen LogP contribution in [-0.2, 0) is 14.3 Å². The van der Waals surface area contributed by atoms with Crippen LogP contribution in [-0.4, -0.2) is 11.9 Å². The second-order valence-corrected chi connectivity index (χ2v) is 2.85. The van der Waals surface area contributed by atoms with Crippen molar-refractivity contribution >= 4 is 35.1 Å². The summed E-state index contributed by atoms with van der Waals surface area (Å²) in [6, 6.07) is 1.69.